The van der Waals surface area contributed by atoms with Gasteiger partial charge in [-0.05, 0) is 25.7 Å². The maximum absolute atomic E-state index is 10.2. The Balaban J connectivity index is 1.82. The van der Waals surface area contributed by atoms with Crippen LogP contribution in [0.1, 0.15) is 38.5 Å². The lowest BCUT2D eigenvalue weighted by Gasteiger charge is -2.22. The molecule has 0 saturated carbocycles. The molecule has 0 N–H and O–H groups in total. The largest absolute Gasteiger partial charge is 0.379 e. The maximum atomic E-state index is 10.2. The van der Waals surface area contributed by atoms with E-state index in [1.807, 2.05) is 0 Å². The van der Waals surface area contributed by atoms with Crippen molar-refractivity contribution in [2.45, 2.75) is 44.6 Å². The van der Waals surface area contributed by atoms with Crippen LogP contribution in [0.15, 0.2) is 0 Å². The van der Waals surface area contributed by atoms with Crippen LogP contribution in [-0.2, 0) is 14.6 Å². The van der Waals surface area contributed by atoms with E-state index in [1.165, 1.54) is 0 Å². The average molecular weight is 201 g/mol. The summed E-state index contributed by atoms with van der Waals surface area (Å²) in [5.41, 5.74) is 0. The van der Waals surface area contributed by atoms with Crippen LogP contribution >= 0.6 is 0 Å². The zero-order valence-electron chi connectivity index (χ0n) is 8.87. The molecule has 1 aliphatic rings. The summed E-state index contributed by atoms with van der Waals surface area (Å²) in [6.07, 6.45) is 6.65. The van der Waals surface area contributed by atoms with E-state index in [0.29, 0.717) is 6.10 Å². The highest BCUT2D eigenvalue weighted by atomic mass is 16.5. The molecular formula is C11H21O3. The topological polar surface area (TPSA) is 38.4 Å². The molecule has 0 amide bonds. The summed E-state index contributed by atoms with van der Waals surface area (Å²) in [5.74, 6) is 0. The summed E-state index contributed by atoms with van der Waals surface area (Å²) in [4.78, 5) is 0. The predicted octanol–water partition coefficient (Wildman–Crippen LogP) is 2.17. The van der Waals surface area contributed by atoms with Gasteiger partial charge in [0, 0.05) is 13.2 Å². The zero-order valence-corrected chi connectivity index (χ0v) is 8.87. The van der Waals surface area contributed by atoms with Gasteiger partial charge in [-0.15, -0.1) is 0 Å². The molecule has 0 spiro atoms. The highest BCUT2D eigenvalue weighted by Gasteiger charge is 2.13. The van der Waals surface area contributed by atoms with Crippen molar-refractivity contribution in [3.8, 4) is 0 Å². The van der Waals surface area contributed by atoms with Gasteiger partial charge in [0.15, 0.2) is 0 Å². The number of ether oxygens (including phenoxy) is 2. The molecule has 3 heteroatoms. The number of hydrogen-bond donors (Lipinski definition) is 0. The minimum absolute atomic E-state index is 0.0668. The van der Waals surface area contributed by atoms with Gasteiger partial charge in [0.1, 0.15) is 0 Å². The van der Waals surface area contributed by atoms with Gasteiger partial charge in [0.2, 0.25) is 0 Å². The molecule has 1 unspecified atom stereocenters. The molecule has 1 heterocycles. The van der Waals surface area contributed by atoms with Crippen molar-refractivity contribution in [2.75, 3.05) is 26.4 Å². The Kier molecular flexibility index (Phi) is 7.01. The van der Waals surface area contributed by atoms with E-state index in [9.17, 15) is 5.11 Å². The van der Waals surface area contributed by atoms with E-state index in [1.54, 1.807) is 0 Å². The van der Waals surface area contributed by atoms with Crippen LogP contribution in [0.5, 0.6) is 0 Å². The van der Waals surface area contributed by atoms with Crippen LogP contribution < -0.4 is 0 Å². The monoisotopic (exact) mass is 201 g/mol. The summed E-state index contributed by atoms with van der Waals surface area (Å²) in [6.45, 7) is 2.55. The van der Waals surface area contributed by atoms with Gasteiger partial charge in [-0.2, -0.15) is 0 Å². The van der Waals surface area contributed by atoms with Crippen molar-refractivity contribution < 1.29 is 14.6 Å². The lowest BCUT2D eigenvalue weighted by Crippen LogP contribution is -2.25. The first-order valence-electron chi connectivity index (χ1n) is 5.71. The first-order chi connectivity index (χ1) is 6.93. The van der Waals surface area contributed by atoms with Crippen LogP contribution in [-0.4, -0.2) is 32.5 Å². The molecule has 1 radical (unpaired) electrons. The number of rotatable bonds is 7. The van der Waals surface area contributed by atoms with E-state index in [2.05, 4.69) is 0 Å². The summed E-state index contributed by atoms with van der Waals surface area (Å²) >= 11 is 0. The van der Waals surface area contributed by atoms with Gasteiger partial charge < -0.3 is 9.47 Å². The molecule has 1 saturated heterocycles. The van der Waals surface area contributed by atoms with E-state index in [0.717, 1.165) is 58.3 Å². The molecule has 83 valence electrons. The third kappa shape index (κ3) is 5.58. The summed E-state index contributed by atoms with van der Waals surface area (Å²) < 4.78 is 11.0. The lowest BCUT2D eigenvalue weighted by molar-refractivity contribution is -0.0507. The van der Waals surface area contributed by atoms with Crippen LogP contribution in [0, 0.1) is 0 Å². The third-order valence-electron chi connectivity index (χ3n) is 2.51. The van der Waals surface area contributed by atoms with Crippen LogP contribution in [0.3, 0.4) is 0 Å². The van der Waals surface area contributed by atoms with Gasteiger partial charge >= 0.3 is 0 Å². The molecule has 0 bridgehead atoms. The molecule has 0 aromatic heterocycles. The second-order valence-corrected chi connectivity index (χ2v) is 3.83. The molecule has 1 atom stereocenters. The fourth-order valence-electron chi connectivity index (χ4n) is 1.65. The standard InChI is InChI=1S/C11H21O3/c12-7-3-1-2-4-9-14-11-6-5-8-13-10-11/h11H,1-10H2. The van der Waals surface area contributed by atoms with Crippen molar-refractivity contribution in [2.24, 2.45) is 0 Å². The molecule has 0 aromatic rings. The quantitative estimate of drug-likeness (QED) is 0.592. The maximum Gasteiger partial charge on any atom is 0.0822 e. The molecule has 3 nitrogen and oxygen atoms in total. The first-order valence-corrected chi connectivity index (χ1v) is 5.71. The minimum Gasteiger partial charge on any atom is -0.379 e. The molecule has 0 aliphatic carbocycles. The fraction of sp³-hybridized carbons (Fsp3) is 1.00. The highest BCUT2D eigenvalue weighted by molar-refractivity contribution is 4.61. The molecule has 14 heavy (non-hydrogen) atoms. The Bertz CT molecular complexity index is 122. The van der Waals surface area contributed by atoms with Gasteiger partial charge in [-0.1, -0.05) is 12.8 Å². The van der Waals surface area contributed by atoms with E-state index in [-0.39, 0.29) is 6.61 Å². The van der Waals surface area contributed by atoms with E-state index >= 15 is 0 Å². The Morgan fingerprint density at radius 2 is 2.07 bits per heavy atom. The van der Waals surface area contributed by atoms with Crippen LogP contribution in [0.25, 0.3) is 0 Å². The highest BCUT2D eigenvalue weighted by Crippen LogP contribution is 2.10. The van der Waals surface area contributed by atoms with E-state index < -0.39 is 0 Å². The average Bonchev–Trinajstić information content (AvgIpc) is 2.25. The van der Waals surface area contributed by atoms with Gasteiger partial charge in [0.25, 0.3) is 0 Å². The second-order valence-electron chi connectivity index (χ2n) is 3.83. The lowest BCUT2D eigenvalue weighted by atomic mass is 10.1. The third-order valence-corrected chi connectivity index (χ3v) is 2.51. The van der Waals surface area contributed by atoms with Crippen molar-refractivity contribution in [1.29, 1.82) is 0 Å². The Morgan fingerprint density at radius 1 is 1.21 bits per heavy atom. The minimum atomic E-state index is 0.0668. The van der Waals surface area contributed by atoms with Crippen molar-refractivity contribution in [3.05, 3.63) is 0 Å². The Morgan fingerprint density at radius 3 is 2.79 bits per heavy atom. The first kappa shape index (κ1) is 12.0. The van der Waals surface area contributed by atoms with Gasteiger partial charge in [0.05, 0.1) is 19.3 Å². The Hall–Kier alpha value is -0.120. The SMILES string of the molecule is [O]CCCCCCOC1CCCOC1. The summed E-state index contributed by atoms with van der Waals surface area (Å²) in [7, 11) is 0. The summed E-state index contributed by atoms with van der Waals surface area (Å²) in [5, 5.41) is 10.2. The van der Waals surface area contributed by atoms with Crippen LogP contribution in [0.4, 0.5) is 0 Å². The van der Waals surface area contributed by atoms with E-state index in [4.69, 9.17) is 9.47 Å². The van der Waals surface area contributed by atoms with Gasteiger partial charge in [-0.25, -0.2) is 5.11 Å². The Labute approximate surface area is 86.4 Å². The number of hydrogen-bond acceptors (Lipinski definition) is 2. The predicted molar refractivity (Wildman–Crippen MR) is 53.8 cm³/mol. The van der Waals surface area contributed by atoms with Gasteiger partial charge in [-0.3, -0.25) is 0 Å². The molecule has 1 aliphatic heterocycles. The smallest absolute Gasteiger partial charge is 0.0822 e. The second kappa shape index (κ2) is 8.21. The molecule has 1 fully saturated rings. The van der Waals surface area contributed by atoms with Crippen LogP contribution in [0.2, 0.25) is 0 Å². The normalized spacial score (nSPS) is 22.5. The fourth-order valence-corrected chi connectivity index (χ4v) is 1.65. The molecule has 0 aromatic carbocycles. The molecule has 1 rings (SSSR count). The molecular weight excluding hydrogens is 180 g/mol. The zero-order chi connectivity index (χ0) is 10.1. The van der Waals surface area contributed by atoms with Crippen molar-refractivity contribution >= 4 is 0 Å². The number of unbranched alkanes of at least 4 members (excludes halogenated alkanes) is 3. The van der Waals surface area contributed by atoms with Crippen molar-refractivity contribution in [3.63, 3.8) is 0 Å². The van der Waals surface area contributed by atoms with Crippen molar-refractivity contribution in [1.82, 2.24) is 0 Å². The summed E-state index contributed by atoms with van der Waals surface area (Å²) in [6, 6.07) is 0.